The molecule has 2 rings (SSSR count). The average Bonchev–Trinajstić information content (AvgIpc) is 2.77. The Morgan fingerprint density at radius 2 is 2.43 bits per heavy atom. The smallest absolute Gasteiger partial charge is 0.374 e. The van der Waals surface area contributed by atoms with Crippen LogP contribution >= 0.6 is 0 Å². The number of hydrogen-bond acceptors (Lipinski definition) is 4. The van der Waals surface area contributed by atoms with Crippen LogP contribution in [0.5, 0.6) is 0 Å². The molecule has 1 N–H and O–H groups in total. The number of carbonyl (C=O) groups is 1. The maximum absolute atomic E-state index is 11.4. The highest BCUT2D eigenvalue weighted by Crippen LogP contribution is 2.22. The molecule has 0 aromatic carbocycles. The van der Waals surface area contributed by atoms with Gasteiger partial charge in [-0.3, -0.25) is 0 Å². The van der Waals surface area contributed by atoms with Gasteiger partial charge in [-0.05, 0) is 31.4 Å². The highest BCUT2D eigenvalue weighted by atomic mass is 16.6. The Bertz CT molecular complexity index is 304. The molecule has 4 heteroatoms. The first-order valence-corrected chi connectivity index (χ1v) is 4.70. The molecule has 1 fully saturated rings. The fourth-order valence-electron chi connectivity index (χ4n) is 1.63. The highest BCUT2D eigenvalue weighted by Gasteiger charge is 2.29. The van der Waals surface area contributed by atoms with Crippen molar-refractivity contribution in [2.75, 3.05) is 0 Å². The summed E-state index contributed by atoms with van der Waals surface area (Å²) in [5.41, 5.74) is 0. The molecule has 1 saturated carbocycles. The molecule has 0 saturated heterocycles. The third kappa shape index (κ3) is 1.80. The van der Waals surface area contributed by atoms with E-state index in [0.29, 0.717) is 6.42 Å². The molecule has 4 nitrogen and oxygen atoms in total. The molecule has 0 amide bonds. The Morgan fingerprint density at radius 1 is 1.57 bits per heavy atom. The van der Waals surface area contributed by atoms with Crippen LogP contribution in [-0.2, 0) is 4.74 Å². The van der Waals surface area contributed by atoms with Gasteiger partial charge in [0.1, 0.15) is 6.10 Å². The lowest BCUT2D eigenvalue weighted by atomic mass is 10.2. The number of ether oxygens (including phenoxy) is 1. The molecule has 0 radical (unpaired) electrons. The van der Waals surface area contributed by atoms with Crippen LogP contribution in [0.25, 0.3) is 0 Å². The molecule has 1 aromatic rings. The standard InChI is InChI=1S/C10H12O4/c11-7-3-1-4-8(7)14-10(12)9-5-2-6-13-9/h2,5-8,11H,1,3-4H2/t7-,8+/m0/s1. The summed E-state index contributed by atoms with van der Waals surface area (Å²) in [6.45, 7) is 0. The van der Waals surface area contributed by atoms with E-state index in [4.69, 9.17) is 9.15 Å². The summed E-state index contributed by atoms with van der Waals surface area (Å²) in [5.74, 6) is -0.315. The average molecular weight is 196 g/mol. The first-order chi connectivity index (χ1) is 6.77. The molecule has 1 aliphatic carbocycles. The molecular weight excluding hydrogens is 184 g/mol. The molecule has 2 atom stereocenters. The summed E-state index contributed by atoms with van der Waals surface area (Å²) >= 11 is 0. The summed E-state index contributed by atoms with van der Waals surface area (Å²) in [6.07, 6.45) is 2.87. The van der Waals surface area contributed by atoms with Crippen LogP contribution < -0.4 is 0 Å². The number of aliphatic hydroxyl groups excluding tert-OH is 1. The minimum Gasteiger partial charge on any atom is -0.457 e. The van der Waals surface area contributed by atoms with Crippen LogP contribution in [0.15, 0.2) is 22.8 Å². The van der Waals surface area contributed by atoms with Crippen molar-refractivity contribution in [2.24, 2.45) is 0 Å². The van der Waals surface area contributed by atoms with Crippen molar-refractivity contribution in [3.8, 4) is 0 Å². The fraction of sp³-hybridized carbons (Fsp3) is 0.500. The van der Waals surface area contributed by atoms with Gasteiger partial charge >= 0.3 is 5.97 Å². The van der Waals surface area contributed by atoms with Crippen molar-refractivity contribution >= 4 is 5.97 Å². The number of aliphatic hydroxyl groups is 1. The molecule has 76 valence electrons. The first-order valence-electron chi connectivity index (χ1n) is 4.70. The summed E-state index contributed by atoms with van der Waals surface area (Å²) in [7, 11) is 0. The third-order valence-corrected chi connectivity index (χ3v) is 2.40. The van der Waals surface area contributed by atoms with Gasteiger partial charge in [-0.1, -0.05) is 0 Å². The Labute approximate surface area is 81.5 Å². The lowest BCUT2D eigenvalue weighted by Gasteiger charge is -2.14. The third-order valence-electron chi connectivity index (χ3n) is 2.40. The number of carbonyl (C=O) groups excluding carboxylic acids is 1. The van der Waals surface area contributed by atoms with E-state index in [-0.39, 0.29) is 11.9 Å². The summed E-state index contributed by atoms with van der Waals surface area (Å²) in [6, 6.07) is 3.17. The van der Waals surface area contributed by atoms with E-state index >= 15 is 0 Å². The number of furan rings is 1. The van der Waals surface area contributed by atoms with Crippen molar-refractivity contribution in [3.63, 3.8) is 0 Å². The molecule has 1 heterocycles. The van der Waals surface area contributed by atoms with Crippen LogP contribution in [0.3, 0.4) is 0 Å². The minimum atomic E-state index is -0.520. The van der Waals surface area contributed by atoms with Gasteiger partial charge in [0.2, 0.25) is 5.76 Å². The van der Waals surface area contributed by atoms with Crippen molar-refractivity contribution < 1.29 is 19.1 Å². The lowest BCUT2D eigenvalue weighted by Crippen LogP contribution is -2.25. The topological polar surface area (TPSA) is 59.7 Å². The zero-order valence-electron chi connectivity index (χ0n) is 7.68. The predicted molar refractivity (Wildman–Crippen MR) is 47.8 cm³/mol. The summed E-state index contributed by atoms with van der Waals surface area (Å²) in [5, 5.41) is 9.43. The summed E-state index contributed by atoms with van der Waals surface area (Å²) < 4.78 is 9.97. The Morgan fingerprint density at radius 3 is 3.00 bits per heavy atom. The molecule has 0 spiro atoms. The Balaban J connectivity index is 1.95. The maximum Gasteiger partial charge on any atom is 0.374 e. The zero-order chi connectivity index (χ0) is 9.97. The predicted octanol–water partition coefficient (Wildman–Crippen LogP) is 1.35. The van der Waals surface area contributed by atoms with Gasteiger partial charge in [0, 0.05) is 0 Å². The van der Waals surface area contributed by atoms with Gasteiger partial charge < -0.3 is 14.3 Å². The second-order valence-corrected chi connectivity index (χ2v) is 3.42. The fourth-order valence-corrected chi connectivity index (χ4v) is 1.63. The van der Waals surface area contributed by atoms with Gasteiger partial charge in [-0.25, -0.2) is 4.79 Å². The highest BCUT2D eigenvalue weighted by molar-refractivity contribution is 5.86. The van der Waals surface area contributed by atoms with Crippen LogP contribution in [0.4, 0.5) is 0 Å². The van der Waals surface area contributed by atoms with E-state index in [0.717, 1.165) is 12.8 Å². The zero-order valence-corrected chi connectivity index (χ0v) is 7.68. The maximum atomic E-state index is 11.4. The number of hydrogen-bond donors (Lipinski definition) is 1. The van der Waals surface area contributed by atoms with Crippen molar-refractivity contribution in [1.82, 2.24) is 0 Å². The minimum absolute atomic E-state index is 0.184. The Kier molecular flexibility index (Phi) is 2.54. The van der Waals surface area contributed by atoms with Crippen LogP contribution in [0.2, 0.25) is 0 Å². The van der Waals surface area contributed by atoms with E-state index in [1.54, 1.807) is 12.1 Å². The van der Waals surface area contributed by atoms with Crippen molar-refractivity contribution in [2.45, 2.75) is 31.5 Å². The normalized spacial score (nSPS) is 26.4. The van der Waals surface area contributed by atoms with Gasteiger partial charge in [0.25, 0.3) is 0 Å². The molecule has 14 heavy (non-hydrogen) atoms. The quantitative estimate of drug-likeness (QED) is 0.725. The van der Waals surface area contributed by atoms with Crippen LogP contribution in [-0.4, -0.2) is 23.3 Å². The van der Waals surface area contributed by atoms with E-state index < -0.39 is 12.1 Å². The van der Waals surface area contributed by atoms with Crippen molar-refractivity contribution in [1.29, 1.82) is 0 Å². The van der Waals surface area contributed by atoms with Gasteiger partial charge in [0.15, 0.2) is 0 Å². The molecule has 1 aromatic heterocycles. The molecular formula is C10H12O4. The van der Waals surface area contributed by atoms with E-state index in [1.807, 2.05) is 0 Å². The lowest BCUT2D eigenvalue weighted by molar-refractivity contribution is -0.00741. The largest absolute Gasteiger partial charge is 0.457 e. The van der Waals surface area contributed by atoms with Gasteiger partial charge in [0.05, 0.1) is 12.4 Å². The summed E-state index contributed by atoms with van der Waals surface area (Å²) in [4.78, 5) is 11.4. The Hall–Kier alpha value is -1.29. The molecule has 0 bridgehead atoms. The molecule has 1 aliphatic rings. The molecule has 0 aliphatic heterocycles. The molecule has 0 unspecified atom stereocenters. The number of rotatable bonds is 2. The second-order valence-electron chi connectivity index (χ2n) is 3.42. The SMILES string of the molecule is O=C(O[C@@H]1CCC[C@@H]1O)c1ccco1. The van der Waals surface area contributed by atoms with E-state index in [9.17, 15) is 9.90 Å². The second kappa shape index (κ2) is 3.84. The van der Waals surface area contributed by atoms with Gasteiger partial charge in [-0.15, -0.1) is 0 Å². The van der Waals surface area contributed by atoms with Crippen molar-refractivity contribution in [3.05, 3.63) is 24.2 Å². The monoisotopic (exact) mass is 196 g/mol. The van der Waals surface area contributed by atoms with Crippen LogP contribution in [0.1, 0.15) is 29.8 Å². The van der Waals surface area contributed by atoms with E-state index in [1.165, 1.54) is 6.26 Å². The first kappa shape index (κ1) is 9.27. The van der Waals surface area contributed by atoms with Gasteiger partial charge in [-0.2, -0.15) is 0 Å². The number of esters is 1. The van der Waals surface area contributed by atoms with E-state index in [2.05, 4.69) is 0 Å². The van der Waals surface area contributed by atoms with Crippen LogP contribution in [0, 0.1) is 0 Å².